The van der Waals surface area contributed by atoms with Crippen LogP contribution in [0.5, 0.6) is 0 Å². The van der Waals surface area contributed by atoms with Gasteiger partial charge in [-0.2, -0.15) is 0 Å². The van der Waals surface area contributed by atoms with E-state index < -0.39 is 0 Å². The van der Waals surface area contributed by atoms with E-state index in [-0.39, 0.29) is 5.91 Å². The minimum Gasteiger partial charge on any atom is -0.398 e. The Bertz CT molecular complexity index is 403. The molecule has 0 spiro atoms. The maximum atomic E-state index is 11.9. The molecule has 0 saturated heterocycles. The van der Waals surface area contributed by atoms with Crippen molar-refractivity contribution in [1.29, 1.82) is 0 Å². The Labute approximate surface area is 102 Å². The monoisotopic (exact) mass is 236 g/mol. The van der Waals surface area contributed by atoms with E-state index in [0.29, 0.717) is 31.0 Å². The molecule has 0 heterocycles. The molecule has 0 aliphatic rings. The van der Waals surface area contributed by atoms with Crippen molar-refractivity contribution < 1.29 is 9.53 Å². The number of rotatable bonds is 5. The molecule has 4 nitrogen and oxygen atoms in total. The first kappa shape index (κ1) is 13.5. The highest BCUT2D eigenvalue weighted by atomic mass is 16.5. The number of hydrogen-bond donors (Lipinski definition) is 2. The smallest absolute Gasteiger partial charge is 0.251 e. The summed E-state index contributed by atoms with van der Waals surface area (Å²) in [7, 11) is 0. The van der Waals surface area contributed by atoms with Crippen LogP contribution >= 0.6 is 0 Å². The van der Waals surface area contributed by atoms with Gasteiger partial charge in [-0.15, -0.1) is 0 Å². The topological polar surface area (TPSA) is 64.3 Å². The quantitative estimate of drug-likeness (QED) is 0.603. The number of ether oxygens (including phenoxy) is 1. The molecule has 0 fully saturated rings. The number of carbonyl (C=O) groups is 1. The minimum atomic E-state index is -0.103. The van der Waals surface area contributed by atoms with Crippen LogP contribution in [0.2, 0.25) is 0 Å². The average molecular weight is 236 g/mol. The molecule has 1 aromatic rings. The fourth-order valence-electron chi connectivity index (χ4n) is 1.59. The van der Waals surface area contributed by atoms with Crippen LogP contribution in [0.4, 0.5) is 5.69 Å². The molecular formula is C13H20N2O2. The molecule has 3 N–H and O–H groups in total. The van der Waals surface area contributed by atoms with Gasteiger partial charge in [-0.3, -0.25) is 4.79 Å². The van der Waals surface area contributed by atoms with Crippen LogP contribution in [0.15, 0.2) is 12.1 Å². The third kappa shape index (κ3) is 3.75. The van der Waals surface area contributed by atoms with Crippen molar-refractivity contribution >= 4 is 11.6 Å². The third-order valence-electron chi connectivity index (χ3n) is 2.59. The Morgan fingerprint density at radius 3 is 2.71 bits per heavy atom. The van der Waals surface area contributed by atoms with Crippen molar-refractivity contribution in [2.75, 3.05) is 25.5 Å². The van der Waals surface area contributed by atoms with Gasteiger partial charge in [0.05, 0.1) is 6.61 Å². The lowest BCUT2D eigenvalue weighted by Gasteiger charge is -2.10. The molecule has 0 unspecified atom stereocenters. The van der Waals surface area contributed by atoms with Crippen LogP contribution < -0.4 is 11.1 Å². The molecule has 0 bridgehead atoms. The summed E-state index contributed by atoms with van der Waals surface area (Å²) < 4.78 is 5.15. The van der Waals surface area contributed by atoms with E-state index in [9.17, 15) is 4.79 Å². The van der Waals surface area contributed by atoms with E-state index in [1.165, 1.54) is 0 Å². The average Bonchev–Trinajstić information content (AvgIpc) is 2.29. The normalized spacial score (nSPS) is 10.3. The van der Waals surface area contributed by atoms with Crippen LogP contribution in [0.1, 0.15) is 28.4 Å². The zero-order valence-corrected chi connectivity index (χ0v) is 10.7. The van der Waals surface area contributed by atoms with Gasteiger partial charge in [0.25, 0.3) is 5.91 Å². The van der Waals surface area contributed by atoms with E-state index in [1.807, 2.05) is 26.8 Å². The Hall–Kier alpha value is -1.55. The number of nitrogens with two attached hydrogens (primary N) is 1. The molecule has 94 valence electrons. The van der Waals surface area contributed by atoms with Gasteiger partial charge in [0.15, 0.2) is 0 Å². The maximum absolute atomic E-state index is 11.9. The number of amides is 1. The standard InChI is InChI=1S/C13H20N2O2/c1-4-17-6-5-15-13(16)11-8-12(14)10(3)7-9(11)2/h7-8H,4-6,14H2,1-3H3,(H,15,16). The molecule has 17 heavy (non-hydrogen) atoms. The van der Waals surface area contributed by atoms with Gasteiger partial charge < -0.3 is 15.8 Å². The van der Waals surface area contributed by atoms with Crippen LogP contribution in [0.25, 0.3) is 0 Å². The molecule has 0 aliphatic carbocycles. The number of nitrogen functional groups attached to an aromatic ring is 1. The Morgan fingerprint density at radius 1 is 1.35 bits per heavy atom. The Balaban J connectivity index is 2.66. The van der Waals surface area contributed by atoms with Gasteiger partial charge in [0, 0.05) is 24.4 Å². The number of anilines is 1. The first-order valence-corrected chi connectivity index (χ1v) is 5.79. The lowest BCUT2D eigenvalue weighted by molar-refractivity contribution is 0.0922. The molecule has 1 aromatic carbocycles. The highest BCUT2D eigenvalue weighted by molar-refractivity contribution is 5.96. The van der Waals surface area contributed by atoms with Gasteiger partial charge in [-0.05, 0) is 38.0 Å². The molecule has 1 amide bonds. The SMILES string of the molecule is CCOCCNC(=O)c1cc(N)c(C)cc1C. The lowest BCUT2D eigenvalue weighted by atomic mass is 10.0. The van der Waals surface area contributed by atoms with Crippen LogP contribution in [-0.4, -0.2) is 25.7 Å². The van der Waals surface area contributed by atoms with Crippen LogP contribution in [0, 0.1) is 13.8 Å². The molecular weight excluding hydrogens is 216 g/mol. The van der Waals surface area contributed by atoms with E-state index in [4.69, 9.17) is 10.5 Å². The third-order valence-corrected chi connectivity index (χ3v) is 2.59. The summed E-state index contributed by atoms with van der Waals surface area (Å²) >= 11 is 0. The molecule has 0 aliphatic heterocycles. The molecule has 0 atom stereocenters. The number of hydrogen-bond acceptors (Lipinski definition) is 3. The highest BCUT2D eigenvalue weighted by Crippen LogP contribution is 2.17. The first-order chi connectivity index (χ1) is 8.06. The zero-order chi connectivity index (χ0) is 12.8. The second-order valence-corrected chi connectivity index (χ2v) is 3.98. The number of aryl methyl sites for hydroxylation is 2. The predicted octanol–water partition coefficient (Wildman–Crippen LogP) is 1.65. The van der Waals surface area contributed by atoms with Gasteiger partial charge in [-0.1, -0.05) is 6.07 Å². The highest BCUT2D eigenvalue weighted by Gasteiger charge is 2.10. The summed E-state index contributed by atoms with van der Waals surface area (Å²) in [6, 6.07) is 3.65. The van der Waals surface area contributed by atoms with Gasteiger partial charge in [-0.25, -0.2) is 0 Å². The van der Waals surface area contributed by atoms with E-state index >= 15 is 0 Å². The molecule has 1 rings (SSSR count). The summed E-state index contributed by atoms with van der Waals surface area (Å²) in [6.07, 6.45) is 0. The summed E-state index contributed by atoms with van der Waals surface area (Å²) in [5, 5.41) is 2.80. The van der Waals surface area contributed by atoms with Crippen molar-refractivity contribution in [1.82, 2.24) is 5.32 Å². The number of carbonyl (C=O) groups excluding carboxylic acids is 1. The van der Waals surface area contributed by atoms with Gasteiger partial charge >= 0.3 is 0 Å². The summed E-state index contributed by atoms with van der Waals surface area (Å²) in [5.41, 5.74) is 9.00. The van der Waals surface area contributed by atoms with Crippen molar-refractivity contribution in [2.45, 2.75) is 20.8 Å². The summed E-state index contributed by atoms with van der Waals surface area (Å²) in [6.45, 7) is 7.46. The molecule has 0 saturated carbocycles. The van der Waals surface area contributed by atoms with Crippen molar-refractivity contribution in [2.24, 2.45) is 0 Å². The number of nitrogens with one attached hydrogen (secondary N) is 1. The Kier molecular flexibility index (Phi) is 4.97. The molecule has 0 radical (unpaired) electrons. The van der Waals surface area contributed by atoms with Crippen LogP contribution in [-0.2, 0) is 4.74 Å². The Morgan fingerprint density at radius 2 is 2.06 bits per heavy atom. The second kappa shape index (κ2) is 6.25. The fraction of sp³-hybridized carbons (Fsp3) is 0.462. The van der Waals surface area contributed by atoms with Crippen molar-refractivity contribution in [3.05, 3.63) is 28.8 Å². The molecule has 4 heteroatoms. The summed E-state index contributed by atoms with van der Waals surface area (Å²) in [4.78, 5) is 11.9. The van der Waals surface area contributed by atoms with E-state index in [1.54, 1.807) is 6.07 Å². The minimum absolute atomic E-state index is 0.103. The van der Waals surface area contributed by atoms with Crippen molar-refractivity contribution in [3.63, 3.8) is 0 Å². The van der Waals surface area contributed by atoms with E-state index in [0.717, 1.165) is 11.1 Å². The fourth-order valence-corrected chi connectivity index (χ4v) is 1.59. The van der Waals surface area contributed by atoms with E-state index in [2.05, 4.69) is 5.32 Å². The van der Waals surface area contributed by atoms with Gasteiger partial charge in [0.2, 0.25) is 0 Å². The maximum Gasteiger partial charge on any atom is 0.251 e. The molecule has 0 aromatic heterocycles. The van der Waals surface area contributed by atoms with Crippen molar-refractivity contribution in [3.8, 4) is 0 Å². The first-order valence-electron chi connectivity index (χ1n) is 5.79. The van der Waals surface area contributed by atoms with Gasteiger partial charge in [0.1, 0.15) is 0 Å². The lowest BCUT2D eigenvalue weighted by Crippen LogP contribution is -2.28. The number of benzene rings is 1. The zero-order valence-electron chi connectivity index (χ0n) is 10.7. The second-order valence-electron chi connectivity index (χ2n) is 3.98. The largest absolute Gasteiger partial charge is 0.398 e. The predicted molar refractivity (Wildman–Crippen MR) is 69.2 cm³/mol. The summed E-state index contributed by atoms with van der Waals surface area (Å²) in [5.74, 6) is -0.103. The van der Waals surface area contributed by atoms with Crippen LogP contribution in [0.3, 0.4) is 0 Å².